The zero-order chi connectivity index (χ0) is 16.7. The summed E-state index contributed by atoms with van der Waals surface area (Å²) in [6, 6.07) is 1.19. The minimum Gasteiger partial charge on any atom is -0.458 e. The summed E-state index contributed by atoms with van der Waals surface area (Å²) >= 11 is 0. The highest BCUT2D eigenvalue weighted by atomic mass is 16.6. The van der Waals surface area contributed by atoms with Crippen LogP contribution in [-0.4, -0.2) is 29.3 Å². The highest BCUT2D eigenvalue weighted by Gasteiger charge is 2.28. The Bertz CT molecular complexity index is 399. The van der Waals surface area contributed by atoms with Crippen molar-refractivity contribution in [1.82, 2.24) is 5.32 Å². The molecule has 0 heterocycles. The van der Waals surface area contributed by atoms with Crippen molar-refractivity contribution in [2.45, 2.75) is 78.0 Å². The van der Waals surface area contributed by atoms with Gasteiger partial charge in [-0.15, -0.1) is 0 Å². The average molecular weight is 300 g/mol. The summed E-state index contributed by atoms with van der Waals surface area (Å²) in [5.74, 6) is -0.522. The van der Waals surface area contributed by atoms with Crippen molar-refractivity contribution in [1.29, 1.82) is 5.26 Å². The number of hydrogen-bond donors (Lipinski definition) is 1. The van der Waals surface area contributed by atoms with Crippen LogP contribution in [0.4, 0.5) is 4.79 Å². The molecule has 0 rings (SSSR count). The van der Waals surface area contributed by atoms with Gasteiger partial charge in [0, 0.05) is 6.42 Å². The average Bonchev–Trinajstić information content (AvgIpc) is 2.22. The minimum absolute atomic E-state index is 0.315. The van der Waals surface area contributed by atoms with E-state index in [1.165, 1.54) is 0 Å². The second kappa shape index (κ2) is 7.87. The Labute approximate surface area is 126 Å². The van der Waals surface area contributed by atoms with Crippen molar-refractivity contribution in [3.63, 3.8) is 0 Å². The largest absolute Gasteiger partial charge is 0.458 e. The molecule has 1 N–H and O–H groups in total. The molecule has 1 amide bonds. The molecule has 1 unspecified atom stereocenters. The van der Waals surface area contributed by atoms with Gasteiger partial charge in [-0.1, -0.05) is 0 Å². The lowest BCUT2D eigenvalue weighted by Crippen LogP contribution is -2.46. The molecule has 21 heavy (non-hydrogen) atoms. The first-order valence-electron chi connectivity index (χ1n) is 7.04. The Kier molecular flexibility index (Phi) is 7.20. The third kappa shape index (κ3) is 10.7. The van der Waals surface area contributed by atoms with E-state index >= 15 is 0 Å². The molecule has 0 saturated carbocycles. The van der Waals surface area contributed by atoms with Gasteiger partial charge in [0.15, 0.2) is 0 Å². The first-order chi connectivity index (χ1) is 9.44. The second-order valence-electron chi connectivity index (χ2n) is 6.78. The fourth-order valence-electron chi connectivity index (χ4n) is 1.46. The van der Waals surface area contributed by atoms with E-state index in [1.54, 1.807) is 41.5 Å². The third-order valence-electron chi connectivity index (χ3n) is 2.16. The Morgan fingerprint density at radius 1 is 1.10 bits per heavy atom. The highest BCUT2D eigenvalue weighted by molar-refractivity contribution is 5.81. The normalized spacial score (nSPS) is 13.0. The number of hydrogen-bond acceptors (Lipinski definition) is 5. The fraction of sp³-hybridized carbons (Fsp3) is 0.800. The lowest BCUT2D eigenvalue weighted by molar-refractivity contribution is -0.157. The van der Waals surface area contributed by atoms with Crippen LogP contribution in [0.25, 0.3) is 0 Å². The molecule has 0 saturated heterocycles. The summed E-state index contributed by atoms with van der Waals surface area (Å²) in [6.45, 7) is 10.5. The molecule has 0 aromatic rings. The van der Waals surface area contributed by atoms with Crippen LogP contribution in [0.5, 0.6) is 0 Å². The highest BCUT2D eigenvalue weighted by Crippen LogP contribution is 2.13. The van der Waals surface area contributed by atoms with Gasteiger partial charge in [0.1, 0.15) is 17.2 Å². The first kappa shape index (κ1) is 19.2. The van der Waals surface area contributed by atoms with Gasteiger partial charge in [0.2, 0.25) is 0 Å². The van der Waals surface area contributed by atoms with E-state index in [9.17, 15) is 9.59 Å². The fourth-order valence-corrected chi connectivity index (χ4v) is 1.46. The van der Waals surface area contributed by atoms with Crippen LogP contribution in [0.3, 0.4) is 0 Å². The van der Waals surface area contributed by atoms with E-state index in [-0.39, 0.29) is 0 Å². The van der Waals surface area contributed by atoms with Crippen LogP contribution in [0.15, 0.2) is 0 Å². The van der Waals surface area contributed by atoms with E-state index < -0.39 is 29.3 Å². The molecule has 0 aliphatic rings. The van der Waals surface area contributed by atoms with Crippen molar-refractivity contribution in [2.75, 3.05) is 0 Å². The van der Waals surface area contributed by atoms with Crippen LogP contribution in [-0.2, 0) is 14.3 Å². The molecule has 120 valence electrons. The maximum atomic E-state index is 12.1. The Hall–Kier alpha value is -1.77. The van der Waals surface area contributed by atoms with Crippen LogP contribution in [0.2, 0.25) is 0 Å². The zero-order valence-corrected chi connectivity index (χ0v) is 13.8. The van der Waals surface area contributed by atoms with Crippen molar-refractivity contribution >= 4 is 12.1 Å². The second-order valence-corrected chi connectivity index (χ2v) is 6.78. The summed E-state index contributed by atoms with van der Waals surface area (Å²) in [7, 11) is 0. The zero-order valence-electron chi connectivity index (χ0n) is 13.8. The molecule has 0 bridgehead atoms. The summed E-state index contributed by atoms with van der Waals surface area (Å²) in [5.41, 5.74) is -1.28. The van der Waals surface area contributed by atoms with Crippen LogP contribution in [0, 0.1) is 11.3 Å². The van der Waals surface area contributed by atoms with Crippen LogP contribution >= 0.6 is 0 Å². The predicted octanol–water partition coefficient (Wildman–Crippen LogP) is 2.92. The molecule has 1 atom stereocenters. The van der Waals surface area contributed by atoms with Crippen LogP contribution in [0.1, 0.15) is 60.8 Å². The van der Waals surface area contributed by atoms with E-state index in [0.29, 0.717) is 19.3 Å². The van der Waals surface area contributed by atoms with E-state index in [2.05, 4.69) is 5.32 Å². The monoisotopic (exact) mass is 300 g/mol. The number of carbonyl (C=O) groups excluding carboxylic acids is 2. The van der Waals surface area contributed by atoms with E-state index in [4.69, 9.17) is 14.7 Å². The van der Waals surface area contributed by atoms with Crippen molar-refractivity contribution < 1.29 is 19.1 Å². The Balaban J connectivity index is 4.70. The number of rotatable bonds is 5. The summed E-state index contributed by atoms with van der Waals surface area (Å²) in [4.78, 5) is 23.8. The number of carbonyl (C=O) groups is 2. The molecule has 0 aromatic heterocycles. The van der Waals surface area contributed by atoms with E-state index in [0.717, 1.165) is 0 Å². The standard InChI is InChI=1S/C15H26N2O4/c1-14(2,3)20-12(18)11(9-7-8-10-16)17-13(19)21-15(4,5)6/h11H,7-9H2,1-6H3,(H,17,19)/i10+1,16+1. The molecule has 6 nitrogen and oxygen atoms in total. The summed E-state index contributed by atoms with van der Waals surface area (Å²) < 4.78 is 10.4. The van der Waals surface area contributed by atoms with Gasteiger partial charge in [-0.05, 0) is 54.4 Å². The number of nitrogens with one attached hydrogen (secondary N) is 1. The molecule has 0 spiro atoms. The molecule has 6 heteroatoms. The van der Waals surface area contributed by atoms with Gasteiger partial charge in [-0.25, -0.2) is 9.59 Å². The van der Waals surface area contributed by atoms with Gasteiger partial charge in [0.25, 0.3) is 0 Å². The molecular weight excluding hydrogens is 274 g/mol. The van der Waals surface area contributed by atoms with Gasteiger partial charge in [-0.2, -0.15) is 5.26 Å². The number of unbranched alkanes of at least 4 members (excludes halogenated alkanes) is 1. The predicted molar refractivity (Wildman–Crippen MR) is 78.5 cm³/mol. The number of nitriles is 1. The molecule has 0 aliphatic carbocycles. The molecule has 0 fully saturated rings. The number of esters is 1. The number of ether oxygens (including phenoxy) is 2. The smallest absolute Gasteiger partial charge is 0.408 e. The van der Waals surface area contributed by atoms with Crippen molar-refractivity contribution in [3.8, 4) is 6.07 Å². The van der Waals surface area contributed by atoms with Gasteiger partial charge in [0.05, 0.1) is 6.07 Å². The maximum Gasteiger partial charge on any atom is 0.408 e. The molecular formula is C15H26N2O4. The van der Waals surface area contributed by atoms with Gasteiger partial charge >= 0.3 is 12.1 Å². The van der Waals surface area contributed by atoms with Gasteiger partial charge in [-0.3, -0.25) is 0 Å². The summed E-state index contributed by atoms with van der Waals surface area (Å²) in [5, 5.41) is 11.1. The minimum atomic E-state index is -0.813. The maximum absolute atomic E-state index is 12.1. The van der Waals surface area contributed by atoms with E-state index in [1.807, 2.05) is 6.07 Å². The molecule has 0 radical (unpaired) electrons. The number of alkyl carbamates (subject to hydrolysis) is 1. The number of amides is 1. The number of nitrogens with zero attached hydrogens (tertiary/aromatic N) is 1. The first-order valence-corrected chi connectivity index (χ1v) is 7.04. The van der Waals surface area contributed by atoms with Crippen molar-refractivity contribution in [3.05, 3.63) is 0 Å². The SMILES string of the molecule is CC(C)(C)OC(=O)NC(CCC[13C]#[15N])C(=O)OC(C)(C)C. The third-order valence-corrected chi connectivity index (χ3v) is 2.16. The van der Waals surface area contributed by atoms with Gasteiger partial charge < -0.3 is 14.8 Å². The van der Waals surface area contributed by atoms with Crippen molar-refractivity contribution in [2.24, 2.45) is 0 Å². The Morgan fingerprint density at radius 2 is 1.62 bits per heavy atom. The Morgan fingerprint density at radius 3 is 2.05 bits per heavy atom. The molecule has 0 aromatic carbocycles. The summed E-state index contributed by atoms with van der Waals surface area (Å²) in [6.07, 6.45) is 0.475. The van der Waals surface area contributed by atoms with Crippen LogP contribution < -0.4 is 5.32 Å². The topological polar surface area (TPSA) is 88.4 Å². The quantitative estimate of drug-likeness (QED) is 0.365. The lowest BCUT2D eigenvalue weighted by atomic mass is 10.1. The lowest BCUT2D eigenvalue weighted by Gasteiger charge is -2.26. The molecule has 0 aliphatic heterocycles.